The van der Waals surface area contributed by atoms with Gasteiger partial charge in [-0.2, -0.15) is 0 Å². The van der Waals surface area contributed by atoms with Gasteiger partial charge in [0.25, 0.3) is 5.91 Å². The van der Waals surface area contributed by atoms with E-state index in [0.29, 0.717) is 18.7 Å². The Morgan fingerprint density at radius 3 is 2.70 bits per heavy atom. The van der Waals surface area contributed by atoms with E-state index in [1.807, 2.05) is 0 Å². The van der Waals surface area contributed by atoms with E-state index in [1.54, 1.807) is 44.2 Å². The Bertz CT molecular complexity index is 523. The number of methoxy groups -OCH3 is 1. The normalized spacial score (nSPS) is 10.8. The molecule has 0 aliphatic carbocycles. The Morgan fingerprint density at radius 1 is 1.40 bits per heavy atom. The van der Waals surface area contributed by atoms with E-state index in [4.69, 9.17) is 9.84 Å². The fourth-order valence-corrected chi connectivity index (χ4v) is 1.76. The highest BCUT2D eigenvalue weighted by Gasteiger charge is 2.14. The van der Waals surface area contributed by atoms with E-state index in [0.717, 1.165) is 17.2 Å². The predicted octanol–water partition coefficient (Wildman–Crippen LogP) is 1.81. The first-order valence-corrected chi connectivity index (χ1v) is 6.22. The highest BCUT2D eigenvalue weighted by Crippen LogP contribution is 2.17. The van der Waals surface area contributed by atoms with Crippen molar-refractivity contribution in [3.63, 3.8) is 0 Å². The van der Waals surface area contributed by atoms with Gasteiger partial charge in [-0.1, -0.05) is 12.1 Å². The highest BCUT2D eigenvalue weighted by atomic mass is 16.5. The summed E-state index contributed by atoms with van der Waals surface area (Å²) in [6.07, 6.45) is 2.55. The Balaban J connectivity index is 2.99. The third-order valence-corrected chi connectivity index (χ3v) is 2.99. The quantitative estimate of drug-likeness (QED) is 0.805. The van der Waals surface area contributed by atoms with Gasteiger partial charge < -0.3 is 14.7 Å². The number of likely N-dealkylation sites (N-methyl/N-ethyl adjacent to an activating group) is 1. The fourth-order valence-electron chi connectivity index (χ4n) is 1.76. The molecule has 1 rings (SSSR count). The average molecular weight is 277 g/mol. The Morgan fingerprint density at radius 2 is 2.10 bits per heavy atom. The topological polar surface area (TPSA) is 66.8 Å². The third kappa shape index (κ3) is 4.20. The van der Waals surface area contributed by atoms with Gasteiger partial charge in [0, 0.05) is 32.3 Å². The number of carbonyl (C=O) groups excluding carboxylic acids is 1. The van der Waals surface area contributed by atoms with Gasteiger partial charge in [-0.05, 0) is 30.2 Å². The molecule has 0 aromatic heterocycles. The molecule has 0 aliphatic heterocycles. The molecule has 0 atom stereocenters. The van der Waals surface area contributed by atoms with Gasteiger partial charge in [0.15, 0.2) is 0 Å². The average Bonchev–Trinajstić information content (AvgIpc) is 2.42. The number of aliphatic carboxylic acids is 1. The van der Waals surface area contributed by atoms with Gasteiger partial charge in [0.1, 0.15) is 0 Å². The third-order valence-electron chi connectivity index (χ3n) is 2.99. The molecule has 0 saturated heterocycles. The second-order valence-electron chi connectivity index (χ2n) is 4.41. The summed E-state index contributed by atoms with van der Waals surface area (Å²) in [5, 5.41) is 8.65. The molecule has 1 amide bonds. The Hall–Kier alpha value is -2.14. The summed E-state index contributed by atoms with van der Waals surface area (Å²) < 4.78 is 4.95. The van der Waals surface area contributed by atoms with E-state index < -0.39 is 5.97 Å². The number of carboxylic acid groups (broad SMARTS) is 1. The lowest BCUT2D eigenvalue weighted by molar-refractivity contribution is -0.131. The molecular formula is C15H19NO4. The Kier molecular flexibility index (Phi) is 5.93. The molecule has 108 valence electrons. The molecule has 20 heavy (non-hydrogen) atoms. The maximum absolute atomic E-state index is 12.3. The minimum absolute atomic E-state index is 0.106. The van der Waals surface area contributed by atoms with Gasteiger partial charge in [0.2, 0.25) is 0 Å². The van der Waals surface area contributed by atoms with Crippen molar-refractivity contribution in [2.45, 2.75) is 6.92 Å². The van der Waals surface area contributed by atoms with Crippen molar-refractivity contribution >= 4 is 18.0 Å². The van der Waals surface area contributed by atoms with Crippen LogP contribution in [0.3, 0.4) is 0 Å². The molecule has 1 N–H and O–H groups in total. The van der Waals surface area contributed by atoms with Gasteiger partial charge in [-0.3, -0.25) is 4.79 Å². The van der Waals surface area contributed by atoms with Crippen molar-refractivity contribution in [1.29, 1.82) is 0 Å². The van der Waals surface area contributed by atoms with Crippen molar-refractivity contribution in [3.05, 3.63) is 41.0 Å². The Labute approximate surface area is 118 Å². The van der Waals surface area contributed by atoms with Crippen molar-refractivity contribution in [2.75, 3.05) is 27.3 Å². The zero-order valence-electron chi connectivity index (χ0n) is 11.9. The van der Waals surface area contributed by atoms with Crippen LogP contribution in [-0.4, -0.2) is 49.2 Å². The second kappa shape index (κ2) is 7.45. The van der Waals surface area contributed by atoms with E-state index >= 15 is 0 Å². The van der Waals surface area contributed by atoms with Crippen LogP contribution in [-0.2, 0) is 9.53 Å². The monoisotopic (exact) mass is 277 g/mol. The summed E-state index contributed by atoms with van der Waals surface area (Å²) in [5.41, 5.74) is 2.05. The number of ether oxygens (including phenoxy) is 1. The van der Waals surface area contributed by atoms with Crippen LogP contribution >= 0.6 is 0 Å². The molecular weight excluding hydrogens is 258 g/mol. The molecule has 5 nitrogen and oxygen atoms in total. The molecule has 0 radical (unpaired) electrons. The van der Waals surface area contributed by atoms with Crippen LogP contribution in [0, 0.1) is 6.92 Å². The van der Waals surface area contributed by atoms with Crippen LogP contribution in [0.4, 0.5) is 0 Å². The van der Waals surface area contributed by atoms with Crippen LogP contribution < -0.4 is 0 Å². The van der Waals surface area contributed by atoms with Gasteiger partial charge in [0.05, 0.1) is 6.61 Å². The highest BCUT2D eigenvalue weighted by molar-refractivity contribution is 5.96. The van der Waals surface area contributed by atoms with Crippen molar-refractivity contribution in [2.24, 2.45) is 0 Å². The van der Waals surface area contributed by atoms with Crippen LogP contribution in [0.1, 0.15) is 21.5 Å². The van der Waals surface area contributed by atoms with E-state index in [2.05, 4.69) is 0 Å². The van der Waals surface area contributed by atoms with E-state index in [1.165, 1.54) is 6.08 Å². The molecule has 0 aliphatic rings. The number of amides is 1. The zero-order valence-corrected chi connectivity index (χ0v) is 11.9. The smallest absolute Gasteiger partial charge is 0.328 e. The lowest BCUT2D eigenvalue weighted by Crippen LogP contribution is -2.30. The molecule has 1 aromatic carbocycles. The summed E-state index contributed by atoms with van der Waals surface area (Å²) in [5.74, 6) is -1.12. The zero-order chi connectivity index (χ0) is 15.1. The molecule has 0 unspecified atom stereocenters. The van der Waals surface area contributed by atoms with Crippen molar-refractivity contribution in [3.8, 4) is 0 Å². The van der Waals surface area contributed by atoms with Crippen molar-refractivity contribution in [1.82, 2.24) is 4.90 Å². The standard InChI is InChI=1S/C15H19NO4/c1-11-12(7-8-14(17)18)5-4-6-13(11)15(19)16(2)9-10-20-3/h4-8H,9-10H2,1-3H3,(H,17,18). The number of benzene rings is 1. The SMILES string of the molecule is COCCN(C)C(=O)c1cccc(C=CC(=O)O)c1C. The van der Waals surface area contributed by atoms with Crippen LogP contribution in [0.2, 0.25) is 0 Å². The number of hydrogen-bond acceptors (Lipinski definition) is 3. The predicted molar refractivity (Wildman–Crippen MR) is 76.7 cm³/mol. The second-order valence-corrected chi connectivity index (χ2v) is 4.41. The molecule has 5 heteroatoms. The number of carboxylic acids is 1. The summed E-state index contributed by atoms with van der Waals surface area (Å²) in [4.78, 5) is 24.4. The molecule has 0 spiro atoms. The van der Waals surface area contributed by atoms with E-state index in [-0.39, 0.29) is 5.91 Å². The summed E-state index contributed by atoms with van der Waals surface area (Å²) in [6.45, 7) is 2.78. The maximum atomic E-state index is 12.3. The van der Waals surface area contributed by atoms with Crippen molar-refractivity contribution < 1.29 is 19.4 Å². The molecule has 0 saturated carbocycles. The lowest BCUT2D eigenvalue weighted by atomic mass is 10.0. The number of carbonyl (C=O) groups is 2. The number of nitrogens with zero attached hydrogens (tertiary/aromatic N) is 1. The van der Waals surface area contributed by atoms with Gasteiger partial charge in [-0.25, -0.2) is 4.79 Å². The summed E-state index contributed by atoms with van der Waals surface area (Å²) >= 11 is 0. The first kappa shape index (κ1) is 15.9. The minimum Gasteiger partial charge on any atom is -0.478 e. The molecule has 0 bridgehead atoms. The summed E-state index contributed by atoms with van der Waals surface area (Å²) in [6, 6.07) is 5.26. The maximum Gasteiger partial charge on any atom is 0.328 e. The first-order chi connectivity index (χ1) is 9.47. The number of rotatable bonds is 6. The fraction of sp³-hybridized carbons (Fsp3) is 0.333. The molecule has 0 fully saturated rings. The first-order valence-electron chi connectivity index (χ1n) is 6.22. The van der Waals surface area contributed by atoms with Crippen LogP contribution in [0.5, 0.6) is 0 Å². The minimum atomic E-state index is -1.02. The summed E-state index contributed by atoms with van der Waals surface area (Å²) in [7, 11) is 3.29. The molecule has 1 aromatic rings. The van der Waals surface area contributed by atoms with Crippen LogP contribution in [0.25, 0.3) is 6.08 Å². The number of hydrogen-bond donors (Lipinski definition) is 1. The molecule has 0 heterocycles. The largest absolute Gasteiger partial charge is 0.478 e. The van der Waals surface area contributed by atoms with Gasteiger partial charge in [-0.15, -0.1) is 0 Å². The van der Waals surface area contributed by atoms with Gasteiger partial charge >= 0.3 is 5.97 Å². The van der Waals surface area contributed by atoms with Crippen LogP contribution in [0.15, 0.2) is 24.3 Å². The lowest BCUT2D eigenvalue weighted by Gasteiger charge is -2.18. The van der Waals surface area contributed by atoms with E-state index in [9.17, 15) is 9.59 Å².